The van der Waals surface area contributed by atoms with Crippen LogP contribution in [0.4, 0.5) is 4.79 Å². The number of piperazine rings is 1. The molecule has 0 aromatic heterocycles. The summed E-state index contributed by atoms with van der Waals surface area (Å²) in [6.07, 6.45) is -0.200. The number of ether oxygens (including phenoxy) is 1. The molecule has 9 nitrogen and oxygen atoms in total. The lowest BCUT2D eigenvalue weighted by Gasteiger charge is -2.30. The molecule has 0 bridgehead atoms. The summed E-state index contributed by atoms with van der Waals surface area (Å²) in [5.41, 5.74) is -0.387. The first-order valence-electron chi connectivity index (χ1n) is 6.04. The molecule has 0 aromatic rings. The molecule has 3 N–H and O–H groups in total. The molecule has 1 amide bonds. The third-order valence-corrected chi connectivity index (χ3v) is 1.77. The van der Waals surface area contributed by atoms with E-state index < -0.39 is 17.5 Å². The summed E-state index contributed by atoms with van der Waals surface area (Å²) in [7, 11) is 5.40. The van der Waals surface area contributed by atoms with Gasteiger partial charge in [-0.05, 0) is 20.8 Å². The van der Waals surface area contributed by atoms with Crippen molar-refractivity contribution in [1.82, 2.24) is 10.2 Å². The van der Waals surface area contributed by atoms with Gasteiger partial charge in [0, 0.05) is 58.2 Å². The Hall–Kier alpha value is -0.0400. The Labute approximate surface area is 149 Å². The molecule has 14 heteroatoms. The second-order valence-corrected chi connectivity index (χ2v) is 11.0. The van der Waals surface area contributed by atoms with Crippen molar-refractivity contribution in [3.63, 3.8) is 0 Å². The van der Waals surface area contributed by atoms with Crippen molar-refractivity contribution in [3.8, 4) is 0 Å². The summed E-state index contributed by atoms with van der Waals surface area (Å²) in [6, 6.07) is 0. The molecule has 0 saturated carbocycles. The molecule has 1 rings (SSSR count). The van der Waals surface area contributed by atoms with Crippen LogP contribution in [0.2, 0.25) is 0 Å². The van der Waals surface area contributed by atoms with Crippen molar-refractivity contribution in [2.45, 2.75) is 26.4 Å². The Bertz CT molecular complexity index is 510. The summed E-state index contributed by atoms with van der Waals surface area (Å²) >= 11 is 0. The average Bonchev–Trinajstić information content (AvgIpc) is 2.23. The van der Waals surface area contributed by atoms with Gasteiger partial charge >= 0.3 is 14.4 Å². The van der Waals surface area contributed by atoms with Crippen LogP contribution < -0.4 is 10.5 Å². The fourth-order valence-electron chi connectivity index (χ4n) is 1.17. The topological polar surface area (TPSA) is 136 Å². The van der Waals surface area contributed by atoms with Gasteiger partial charge in [-0.2, -0.15) is 16.8 Å². The van der Waals surface area contributed by atoms with Crippen LogP contribution in [0.3, 0.4) is 0 Å². The van der Waals surface area contributed by atoms with E-state index in [4.69, 9.17) is 13.2 Å². The van der Waals surface area contributed by atoms with E-state index in [1.165, 1.54) is 0 Å². The highest BCUT2D eigenvalue weighted by Gasteiger charge is 2.22. The maximum Gasteiger partial charge on any atom is 0.410 e. The zero-order chi connectivity index (χ0) is 18.9. The van der Waals surface area contributed by atoms with Crippen LogP contribution in [0, 0.1) is 0 Å². The standard InChI is InChI=1S/C9H18N2O2.Cl2O2S.ClH2NO2S/c1-9(2,3)13-8(12)11-6-4-10-5-7-11;2*1-5(2,3)4/h10H,4-7H2,1-3H3;;(H2,2,3,4). The van der Waals surface area contributed by atoms with Gasteiger partial charge in [0.2, 0.25) is 0 Å². The average molecular weight is 437 g/mol. The number of carbonyl (C=O) groups is 1. The SMILES string of the molecule is CC(C)(C)OC(=O)N1CCNCC1.NS(=O)(=O)Cl.O=S(=O)(Cl)Cl. The van der Waals surface area contributed by atoms with E-state index in [9.17, 15) is 13.2 Å². The largest absolute Gasteiger partial charge is 0.444 e. The van der Waals surface area contributed by atoms with Gasteiger partial charge in [-0.25, -0.2) is 9.93 Å². The van der Waals surface area contributed by atoms with Gasteiger partial charge in [0.25, 0.3) is 9.24 Å². The number of hydrogen-bond donors (Lipinski definition) is 2. The predicted molar refractivity (Wildman–Crippen MR) is 90.3 cm³/mol. The van der Waals surface area contributed by atoms with Crippen molar-refractivity contribution in [3.05, 3.63) is 0 Å². The van der Waals surface area contributed by atoms with Crippen molar-refractivity contribution in [2.24, 2.45) is 5.14 Å². The lowest BCUT2D eigenvalue weighted by Crippen LogP contribution is -2.48. The molecule has 0 spiro atoms. The third kappa shape index (κ3) is 30.4. The minimum Gasteiger partial charge on any atom is -0.444 e. The Kier molecular flexibility index (Phi) is 11.8. The van der Waals surface area contributed by atoms with E-state index in [0.717, 1.165) is 26.2 Å². The first-order valence-corrected chi connectivity index (χ1v) is 11.5. The third-order valence-electron chi connectivity index (χ3n) is 1.77. The fourth-order valence-corrected chi connectivity index (χ4v) is 1.17. The Morgan fingerprint density at radius 1 is 1.09 bits per heavy atom. The number of nitrogens with two attached hydrogens (primary N) is 1. The highest BCUT2D eigenvalue weighted by atomic mass is 36.0. The number of carbonyl (C=O) groups excluding carboxylic acids is 1. The van der Waals surface area contributed by atoms with Crippen molar-refractivity contribution in [1.29, 1.82) is 0 Å². The van der Waals surface area contributed by atoms with Crippen molar-refractivity contribution < 1.29 is 26.4 Å². The molecular weight excluding hydrogens is 417 g/mol. The van der Waals surface area contributed by atoms with E-state index in [0.29, 0.717) is 0 Å². The zero-order valence-corrected chi connectivity index (χ0v) is 16.7. The first kappa shape index (κ1) is 25.2. The number of halogens is 3. The monoisotopic (exact) mass is 435 g/mol. The van der Waals surface area contributed by atoms with Gasteiger partial charge in [0.1, 0.15) is 5.60 Å². The summed E-state index contributed by atoms with van der Waals surface area (Å²) in [5, 5.41) is 7.27. The van der Waals surface area contributed by atoms with Crippen LogP contribution in [-0.4, -0.2) is 59.6 Å². The summed E-state index contributed by atoms with van der Waals surface area (Å²) in [4.78, 5) is 13.2. The molecule has 0 aliphatic carbocycles. The molecule has 1 aliphatic rings. The number of nitrogens with one attached hydrogen (secondary N) is 1. The maximum absolute atomic E-state index is 11.5. The molecule has 1 fully saturated rings. The molecule has 140 valence electrons. The first-order chi connectivity index (χ1) is 9.99. The van der Waals surface area contributed by atoms with Crippen molar-refractivity contribution >= 4 is 55.6 Å². The maximum atomic E-state index is 11.5. The molecule has 1 heterocycles. The summed E-state index contributed by atoms with van der Waals surface area (Å²) in [6.45, 7) is 8.86. The lowest BCUT2D eigenvalue weighted by atomic mass is 10.2. The number of hydrogen-bond acceptors (Lipinski definition) is 7. The number of rotatable bonds is 0. The van der Waals surface area contributed by atoms with E-state index in [1.54, 1.807) is 4.90 Å². The van der Waals surface area contributed by atoms with Gasteiger partial charge in [-0.3, -0.25) is 0 Å². The summed E-state index contributed by atoms with van der Waals surface area (Å²) in [5.74, 6) is 0. The van der Waals surface area contributed by atoms with Crippen LogP contribution in [0.25, 0.3) is 0 Å². The molecule has 0 atom stereocenters. The van der Waals surface area contributed by atoms with Crippen LogP contribution >= 0.6 is 32.0 Å². The van der Waals surface area contributed by atoms with E-state index >= 15 is 0 Å². The fraction of sp³-hybridized carbons (Fsp3) is 0.889. The summed E-state index contributed by atoms with van der Waals surface area (Å²) < 4.78 is 41.9. The van der Waals surface area contributed by atoms with Gasteiger partial charge in [0.15, 0.2) is 0 Å². The van der Waals surface area contributed by atoms with Gasteiger partial charge in [0.05, 0.1) is 0 Å². The molecular formula is C9H20Cl3N3O6S2. The van der Waals surface area contributed by atoms with Crippen LogP contribution in [0.1, 0.15) is 20.8 Å². The normalized spacial score (nSPS) is 15.5. The highest BCUT2D eigenvalue weighted by Crippen LogP contribution is 2.09. The molecule has 1 aliphatic heterocycles. The van der Waals surface area contributed by atoms with Crippen LogP contribution in [0.5, 0.6) is 0 Å². The highest BCUT2D eigenvalue weighted by molar-refractivity contribution is 8.31. The van der Waals surface area contributed by atoms with Crippen LogP contribution in [0.15, 0.2) is 0 Å². The molecule has 23 heavy (non-hydrogen) atoms. The second-order valence-electron chi connectivity index (χ2n) is 5.07. The molecule has 1 saturated heterocycles. The predicted octanol–water partition coefficient (Wildman–Crippen LogP) is 0.964. The second kappa shape index (κ2) is 10.7. The van der Waals surface area contributed by atoms with Gasteiger partial charge < -0.3 is 15.0 Å². The quantitative estimate of drug-likeness (QED) is 0.540. The van der Waals surface area contributed by atoms with E-state index in [-0.39, 0.29) is 11.7 Å². The van der Waals surface area contributed by atoms with Gasteiger partial charge in [-0.1, -0.05) is 0 Å². The lowest BCUT2D eigenvalue weighted by molar-refractivity contribution is 0.0229. The van der Waals surface area contributed by atoms with E-state index in [2.05, 4.69) is 42.5 Å². The van der Waals surface area contributed by atoms with Crippen molar-refractivity contribution in [2.75, 3.05) is 26.2 Å². The Morgan fingerprint density at radius 3 is 1.65 bits per heavy atom. The molecule has 0 aromatic carbocycles. The van der Waals surface area contributed by atoms with E-state index in [1.807, 2.05) is 20.8 Å². The Morgan fingerprint density at radius 2 is 1.39 bits per heavy atom. The number of amides is 1. The molecule has 0 unspecified atom stereocenters. The number of nitrogens with zero attached hydrogens (tertiary/aromatic N) is 1. The van der Waals surface area contributed by atoms with Crippen LogP contribution in [-0.2, 0) is 22.2 Å². The minimum absolute atomic E-state index is 0.200. The van der Waals surface area contributed by atoms with Gasteiger partial charge in [-0.15, -0.1) is 0 Å². The zero-order valence-electron chi connectivity index (χ0n) is 12.8. The molecule has 0 radical (unpaired) electrons. The Balaban J connectivity index is 0. The minimum atomic E-state index is -3.72. The smallest absolute Gasteiger partial charge is 0.410 e.